The number of benzene rings is 1. The van der Waals surface area contributed by atoms with Crippen LogP contribution >= 0.6 is 8.96 Å². The van der Waals surface area contributed by atoms with Gasteiger partial charge in [-0.15, -0.1) is 0 Å². The third kappa shape index (κ3) is 4.14. The van der Waals surface area contributed by atoms with E-state index in [-0.39, 0.29) is 6.61 Å². The number of carbonyl (C=O) groups excluding carboxylic acids is 1. The van der Waals surface area contributed by atoms with Gasteiger partial charge in [0.2, 0.25) is 0 Å². The van der Waals surface area contributed by atoms with Gasteiger partial charge < -0.3 is 14.4 Å². The number of hydrogen-bond acceptors (Lipinski definition) is 4. The zero-order valence-electron chi connectivity index (χ0n) is 8.19. The van der Waals surface area contributed by atoms with Crippen LogP contribution in [-0.2, 0) is 11.3 Å². The lowest BCUT2D eigenvalue weighted by atomic mass is 10.2. The topological polar surface area (TPSA) is 67.8 Å². The van der Waals surface area contributed by atoms with Crippen molar-refractivity contribution in [3.63, 3.8) is 0 Å². The minimum atomic E-state index is -0.641. The molecule has 6 heteroatoms. The highest BCUT2D eigenvalue weighted by Gasteiger charge is 2.00. The molecule has 1 unspecified atom stereocenters. The molecule has 1 aromatic carbocycles. The Labute approximate surface area is 89.3 Å². The van der Waals surface area contributed by atoms with E-state index < -0.39 is 15.1 Å². The molecule has 5 nitrogen and oxygen atoms in total. The third-order valence-corrected chi connectivity index (χ3v) is 2.00. The molecular weight excluding hydrogens is 217 g/mol. The molecule has 15 heavy (non-hydrogen) atoms. The van der Waals surface area contributed by atoms with Gasteiger partial charge in [0.15, 0.2) is 0 Å². The number of methoxy groups -OCH3 is 1. The summed E-state index contributed by atoms with van der Waals surface area (Å²) in [6.45, 7) is 0.167. The van der Waals surface area contributed by atoms with Gasteiger partial charge in [-0.3, -0.25) is 5.09 Å². The first-order chi connectivity index (χ1) is 7.26. The molecule has 0 aromatic heterocycles. The highest BCUT2D eigenvalue weighted by atomic mass is 31.1. The van der Waals surface area contributed by atoms with Gasteiger partial charge in [0.1, 0.15) is 21.3 Å². The van der Waals surface area contributed by atoms with Crippen molar-refractivity contribution in [3.05, 3.63) is 29.8 Å². The Bertz CT molecular complexity index is 314. The minimum absolute atomic E-state index is 0.167. The third-order valence-electron chi connectivity index (χ3n) is 1.69. The smallest absolute Gasteiger partial charge is 0.412 e. The predicted molar refractivity (Wildman–Crippen MR) is 56.8 cm³/mol. The Kier molecular flexibility index (Phi) is 4.87. The largest absolute Gasteiger partial charge is 0.497 e. The fourth-order valence-electron chi connectivity index (χ4n) is 0.952. The molecule has 0 saturated carbocycles. The van der Waals surface area contributed by atoms with Crippen LogP contribution in [-0.4, -0.2) is 18.1 Å². The Hall–Kier alpha value is -1.32. The monoisotopic (exact) mass is 229 g/mol. The highest BCUT2D eigenvalue weighted by molar-refractivity contribution is 7.29. The fourth-order valence-corrected chi connectivity index (χ4v) is 1.12. The summed E-state index contributed by atoms with van der Waals surface area (Å²) in [6, 6.07) is 7.16. The molecule has 2 N–H and O–H groups in total. The lowest BCUT2D eigenvalue weighted by molar-refractivity contribution is 0.146. The van der Waals surface area contributed by atoms with E-state index in [1.54, 1.807) is 31.4 Å². The molecule has 82 valence electrons. The first-order valence-electron chi connectivity index (χ1n) is 4.21. The summed E-state index contributed by atoms with van der Waals surface area (Å²) in [6.07, 6.45) is -0.633. The van der Waals surface area contributed by atoms with E-state index in [1.165, 1.54) is 0 Å². The van der Waals surface area contributed by atoms with Crippen molar-refractivity contribution in [1.82, 2.24) is 5.09 Å². The van der Waals surface area contributed by atoms with Crippen molar-refractivity contribution in [2.24, 2.45) is 0 Å². The van der Waals surface area contributed by atoms with Crippen LogP contribution in [0.5, 0.6) is 5.75 Å². The van der Waals surface area contributed by atoms with Crippen LogP contribution in [0.3, 0.4) is 0 Å². The van der Waals surface area contributed by atoms with Crippen molar-refractivity contribution in [3.8, 4) is 5.75 Å². The molecule has 0 aliphatic rings. The van der Waals surface area contributed by atoms with E-state index >= 15 is 0 Å². The molecule has 0 fully saturated rings. The summed E-state index contributed by atoms with van der Waals surface area (Å²) in [4.78, 5) is 19.2. The van der Waals surface area contributed by atoms with Crippen molar-refractivity contribution in [2.75, 3.05) is 7.11 Å². The fraction of sp³-hybridized carbons (Fsp3) is 0.222. The van der Waals surface area contributed by atoms with Gasteiger partial charge in [-0.05, 0) is 17.7 Å². The SMILES string of the molecule is COc1ccc(COC(=O)NPO)cc1. The van der Waals surface area contributed by atoms with Crippen molar-refractivity contribution in [2.45, 2.75) is 6.61 Å². The molecule has 0 aliphatic heterocycles. The van der Waals surface area contributed by atoms with Gasteiger partial charge >= 0.3 is 6.09 Å². The van der Waals surface area contributed by atoms with E-state index in [4.69, 9.17) is 14.4 Å². The Morgan fingerprint density at radius 1 is 1.47 bits per heavy atom. The summed E-state index contributed by atoms with van der Waals surface area (Å²) in [7, 11) is 0.943. The summed E-state index contributed by atoms with van der Waals surface area (Å²) in [5, 5.41) is 2.14. The average molecular weight is 229 g/mol. The average Bonchev–Trinajstić information content (AvgIpc) is 2.27. The maximum absolute atomic E-state index is 10.8. The van der Waals surface area contributed by atoms with Gasteiger partial charge in [-0.2, -0.15) is 0 Å². The molecule has 0 heterocycles. The zero-order chi connectivity index (χ0) is 11.1. The molecule has 0 bridgehead atoms. The Morgan fingerprint density at radius 3 is 2.67 bits per heavy atom. The maximum atomic E-state index is 10.8. The van der Waals surface area contributed by atoms with Gasteiger partial charge in [-0.25, -0.2) is 4.79 Å². The van der Waals surface area contributed by atoms with E-state index in [1.807, 2.05) is 0 Å². The van der Waals surface area contributed by atoms with E-state index in [0.29, 0.717) is 0 Å². The van der Waals surface area contributed by atoms with Crippen molar-refractivity contribution in [1.29, 1.82) is 0 Å². The molecule has 1 atom stereocenters. The van der Waals surface area contributed by atoms with Crippen LogP contribution in [0.4, 0.5) is 4.79 Å². The van der Waals surface area contributed by atoms with Gasteiger partial charge in [-0.1, -0.05) is 12.1 Å². The number of nitrogens with one attached hydrogen (secondary N) is 1. The van der Waals surface area contributed by atoms with Crippen LogP contribution in [0.1, 0.15) is 5.56 Å². The van der Waals surface area contributed by atoms with Crippen molar-refractivity contribution < 1.29 is 19.2 Å². The van der Waals surface area contributed by atoms with Gasteiger partial charge in [0, 0.05) is 0 Å². The molecule has 1 amide bonds. The Balaban J connectivity index is 2.40. The van der Waals surface area contributed by atoms with E-state index in [2.05, 4.69) is 5.09 Å². The molecule has 0 aliphatic carbocycles. The molecule has 0 spiro atoms. The minimum Gasteiger partial charge on any atom is -0.497 e. The number of rotatable bonds is 4. The maximum Gasteiger partial charge on any atom is 0.412 e. The lowest BCUT2D eigenvalue weighted by Crippen LogP contribution is -2.15. The second-order valence-electron chi connectivity index (χ2n) is 2.66. The number of amides is 1. The van der Waals surface area contributed by atoms with Crippen LogP contribution in [0.25, 0.3) is 0 Å². The second-order valence-corrected chi connectivity index (χ2v) is 3.13. The molecule has 1 rings (SSSR count). The van der Waals surface area contributed by atoms with Crippen LogP contribution in [0.2, 0.25) is 0 Å². The van der Waals surface area contributed by atoms with E-state index in [0.717, 1.165) is 11.3 Å². The summed E-state index contributed by atoms with van der Waals surface area (Å²) < 4.78 is 9.78. The lowest BCUT2D eigenvalue weighted by Gasteiger charge is -2.05. The van der Waals surface area contributed by atoms with Gasteiger partial charge in [0.05, 0.1) is 7.11 Å². The number of carbonyl (C=O) groups is 1. The van der Waals surface area contributed by atoms with Crippen LogP contribution in [0, 0.1) is 0 Å². The molecular formula is C9H12NO4P. The summed E-state index contributed by atoms with van der Waals surface area (Å²) in [5.41, 5.74) is 0.854. The van der Waals surface area contributed by atoms with Gasteiger partial charge in [0.25, 0.3) is 0 Å². The molecule has 1 aromatic rings. The Morgan fingerprint density at radius 2 is 2.13 bits per heavy atom. The quantitative estimate of drug-likeness (QED) is 0.766. The van der Waals surface area contributed by atoms with E-state index in [9.17, 15) is 4.79 Å². The highest BCUT2D eigenvalue weighted by Crippen LogP contribution is 2.12. The number of ether oxygens (including phenoxy) is 2. The van der Waals surface area contributed by atoms with Crippen LogP contribution < -0.4 is 9.82 Å². The summed E-state index contributed by atoms with van der Waals surface area (Å²) in [5.74, 6) is 0.750. The second kappa shape index (κ2) is 6.22. The normalized spacial score (nSPS) is 10.3. The zero-order valence-corrected chi connectivity index (χ0v) is 9.19. The molecule has 0 saturated heterocycles. The molecule has 0 radical (unpaired) electrons. The predicted octanol–water partition coefficient (Wildman–Crippen LogP) is 1.42. The first kappa shape index (κ1) is 11.8. The standard InChI is InChI=1S/C9H12NO4P/c1-13-8-4-2-7(3-5-8)6-14-9(11)10-15-12/h2-5,12,15H,6H2,1H3,(H,10,11). The van der Waals surface area contributed by atoms with Crippen LogP contribution in [0.15, 0.2) is 24.3 Å². The van der Waals surface area contributed by atoms with Crippen molar-refractivity contribution >= 4 is 15.1 Å². The number of hydrogen-bond donors (Lipinski definition) is 2. The summed E-state index contributed by atoms with van der Waals surface area (Å²) >= 11 is 0. The first-order valence-corrected chi connectivity index (χ1v) is 5.16.